The van der Waals surface area contributed by atoms with Gasteiger partial charge in [0.15, 0.2) is 5.60 Å². The number of hydrogen-bond donors (Lipinski definition) is 3. The van der Waals surface area contributed by atoms with Crippen LogP contribution in [0.2, 0.25) is 0 Å². The van der Waals surface area contributed by atoms with Crippen LogP contribution in [-0.4, -0.2) is 59.5 Å². The Morgan fingerprint density at radius 3 is 2.59 bits per heavy atom. The Hall–Kier alpha value is -1.97. The third-order valence-corrected chi connectivity index (χ3v) is 6.87. The Balaban J connectivity index is 2.27. The van der Waals surface area contributed by atoms with Gasteiger partial charge in [-0.2, -0.15) is 4.31 Å². The number of aryl methyl sites for hydroxylation is 1. The minimum absolute atomic E-state index is 0.0250. The number of carbonyl (C=O) groups excluding carboxylic acids is 1. The molecular weight excluding hydrogens is 372 g/mol. The van der Waals surface area contributed by atoms with Gasteiger partial charge in [0.25, 0.3) is 5.91 Å². The number of aliphatic hydroxyl groups is 1. The molecular formula is C18H26N2O6S. The van der Waals surface area contributed by atoms with Gasteiger partial charge < -0.3 is 15.5 Å². The number of carboxylic acid groups (broad SMARTS) is 1. The summed E-state index contributed by atoms with van der Waals surface area (Å²) in [5, 5.41) is 21.0. The van der Waals surface area contributed by atoms with Crippen molar-refractivity contribution in [1.82, 2.24) is 9.62 Å². The first-order valence-corrected chi connectivity index (χ1v) is 10.3. The maximum atomic E-state index is 13.0. The fourth-order valence-corrected chi connectivity index (χ4v) is 4.72. The number of rotatable bonds is 6. The van der Waals surface area contributed by atoms with Crippen molar-refractivity contribution in [3.63, 3.8) is 0 Å². The molecule has 2 unspecified atom stereocenters. The minimum Gasteiger partial charge on any atom is -0.479 e. The summed E-state index contributed by atoms with van der Waals surface area (Å²) in [6, 6.07) is 4.21. The van der Waals surface area contributed by atoms with Crippen LogP contribution < -0.4 is 5.32 Å². The molecule has 0 aromatic heterocycles. The van der Waals surface area contributed by atoms with Crippen molar-refractivity contribution in [1.29, 1.82) is 0 Å². The minimum atomic E-state index is -3.73. The normalized spacial score (nSPS) is 20.7. The molecule has 1 aliphatic heterocycles. The average Bonchev–Trinajstić information content (AvgIpc) is 2.60. The number of piperidine rings is 1. The van der Waals surface area contributed by atoms with Gasteiger partial charge in [-0.05, 0) is 51.3 Å². The molecule has 2 atom stereocenters. The molecule has 3 N–H and O–H groups in total. The van der Waals surface area contributed by atoms with Gasteiger partial charge >= 0.3 is 5.97 Å². The molecule has 1 aromatic carbocycles. The number of benzene rings is 1. The number of carboxylic acids is 1. The molecule has 9 heteroatoms. The summed E-state index contributed by atoms with van der Waals surface area (Å²) in [7, 11) is -3.73. The van der Waals surface area contributed by atoms with E-state index < -0.39 is 34.0 Å². The largest absolute Gasteiger partial charge is 0.479 e. The summed E-state index contributed by atoms with van der Waals surface area (Å²) in [6.45, 7) is 4.54. The van der Waals surface area contributed by atoms with E-state index in [1.807, 2.05) is 6.92 Å². The van der Waals surface area contributed by atoms with Crippen LogP contribution in [0, 0.1) is 6.92 Å². The van der Waals surface area contributed by atoms with E-state index in [-0.39, 0.29) is 16.5 Å². The highest BCUT2D eigenvalue weighted by Gasteiger charge is 2.33. The summed E-state index contributed by atoms with van der Waals surface area (Å²) in [4.78, 5) is 23.4. The quantitative estimate of drug-likeness (QED) is 0.660. The van der Waals surface area contributed by atoms with E-state index in [4.69, 9.17) is 5.11 Å². The summed E-state index contributed by atoms with van der Waals surface area (Å²) in [5.41, 5.74) is -1.44. The smallest absolute Gasteiger partial charge is 0.337 e. The second kappa shape index (κ2) is 7.95. The molecule has 1 saturated heterocycles. The van der Waals surface area contributed by atoms with Crippen LogP contribution in [0.3, 0.4) is 0 Å². The van der Waals surface area contributed by atoms with Crippen molar-refractivity contribution < 1.29 is 28.2 Å². The van der Waals surface area contributed by atoms with Gasteiger partial charge in [-0.25, -0.2) is 13.2 Å². The maximum Gasteiger partial charge on any atom is 0.337 e. The Morgan fingerprint density at radius 1 is 1.33 bits per heavy atom. The van der Waals surface area contributed by atoms with E-state index in [1.165, 1.54) is 16.4 Å². The summed E-state index contributed by atoms with van der Waals surface area (Å²) in [5.74, 6) is -2.10. The van der Waals surface area contributed by atoms with E-state index in [0.717, 1.165) is 26.2 Å². The fourth-order valence-electron chi connectivity index (χ4n) is 2.99. The second-order valence-corrected chi connectivity index (χ2v) is 9.09. The molecule has 27 heavy (non-hydrogen) atoms. The SMILES string of the molecule is Cc1ccc(S(=O)(=O)N2CCCCC2C)cc1C(=O)NCC(C)(O)C(=O)O. The molecule has 1 heterocycles. The van der Waals surface area contributed by atoms with E-state index in [1.54, 1.807) is 13.0 Å². The van der Waals surface area contributed by atoms with Crippen molar-refractivity contribution >= 4 is 21.9 Å². The molecule has 1 aliphatic rings. The summed E-state index contributed by atoms with van der Waals surface area (Å²) >= 11 is 0. The van der Waals surface area contributed by atoms with Crippen molar-refractivity contribution in [2.45, 2.75) is 56.6 Å². The van der Waals surface area contributed by atoms with E-state index in [0.29, 0.717) is 12.1 Å². The molecule has 0 bridgehead atoms. The number of hydrogen-bond acceptors (Lipinski definition) is 5. The van der Waals surface area contributed by atoms with Gasteiger partial charge in [0.05, 0.1) is 11.4 Å². The molecule has 0 radical (unpaired) electrons. The highest BCUT2D eigenvalue weighted by molar-refractivity contribution is 7.89. The van der Waals surface area contributed by atoms with Gasteiger partial charge in [0.1, 0.15) is 0 Å². The van der Waals surface area contributed by atoms with E-state index in [9.17, 15) is 23.1 Å². The average molecular weight is 398 g/mol. The zero-order valence-corrected chi connectivity index (χ0v) is 16.5. The third-order valence-electron chi connectivity index (χ3n) is 4.86. The Bertz CT molecular complexity index is 834. The number of amides is 1. The molecule has 150 valence electrons. The van der Waals surface area contributed by atoms with Crippen LogP contribution in [-0.2, 0) is 14.8 Å². The second-order valence-electron chi connectivity index (χ2n) is 7.20. The predicted octanol–water partition coefficient (Wildman–Crippen LogP) is 1.12. The number of sulfonamides is 1. The zero-order valence-electron chi connectivity index (χ0n) is 15.7. The lowest BCUT2D eigenvalue weighted by atomic mass is 10.1. The van der Waals surface area contributed by atoms with Crippen molar-refractivity contribution in [2.75, 3.05) is 13.1 Å². The lowest BCUT2D eigenvalue weighted by Gasteiger charge is -2.32. The topological polar surface area (TPSA) is 124 Å². The van der Waals surface area contributed by atoms with Crippen LogP contribution in [0.15, 0.2) is 23.1 Å². The molecule has 0 aliphatic carbocycles. The van der Waals surface area contributed by atoms with Gasteiger partial charge in [0.2, 0.25) is 10.0 Å². The first kappa shape index (κ1) is 21.3. The molecule has 8 nitrogen and oxygen atoms in total. The lowest BCUT2D eigenvalue weighted by molar-refractivity contribution is -0.155. The van der Waals surface area contributed by atoms with Gasteiger partial charge in [0, 0.05) is 18.2 Å². The molecule has 1 aromatic rings. The van der Waals surface area contributed by atoms with Crippen molar-refractivity contribution in [3.8, 4) is 0 Å². The monoisotopic (exact) mass is 398 g/mol. The number of aliphatic carboxylic acids is 1. The Labute approximate surface area is 159 Å². The lowest BCUT2D eigenvalue weighted by Crippen LogP contribution is -2.46. The molecule has 1 fully saturated rings. The first-order valence-electron chi connectivity index (χ1n) is 8.83. The number of nitrogens with zero attached hydrogens (tertiary/aromatic N) is 1. The van der Waals surface area contributed by atoms with Crippen molar-refractivity contribution in [3.05, 3.63) is 29.3 Å². The number of carbonyl (C=O) groups is 2. The predicted molar refractivity (Wildman–Crippen MR) is 99.0 cm³/mol. The fraction of sp³-hybridized carbons (Fsp3) is 0.556. The Morgan fingerprint density at radius 2 is 2.00 bits per heavy atom. The molecule has 1 amide bonds. The van der Waals surface area contributed by atoms with Crippen LogP contribution >= 0.6 is 0 Å². The highest BCUT2D eigenvalue weighted by atomic mass is 32.2. The molecule has 0 spiro atoms. The Kier molecular flexibility index (Phi) is 6.28. The van der Waals surface area contributed by atoms with Gasteiger partial charge in [-0.1, -0.05) is 12.5 Å². The van der Waals surface area contributed by atoms with Crippen LogP contribution in [0.25, 0.3) is 0 Å². The van der Waals surface area contributed by atoms with Gasteiger partial charge in [-0.15, -0.1) is 0 Å². The first-order chi connectivity index (χ1) is 12.5. The molecule has 0 saturated carbocycles. The molecule has 2 rings (SSSR count). The number of nitrogens with one attached hydrogen (secondary N) is 1. The van der Waals surface area contributed by atoms with E-state index in [2.05, 4.69) is 5.32 Å². The zero-order chi connectivity index (χ0) is 20.4. The van der Waals surface area contributed by atoms with Crippen LogP contribution in [0.4, 0.5) is 0 Å². The summed E-state index contributed by atoms with van der Waals surface area (Å²) < 4.78 is 27.4. The standard InChI is InChI=1S/C18H26N2O6S/c1-12-7-8-14(27(25,26)20-9-5-4-6-13(20)2)10-15(12)16(21)19-11-18(3,24)17(22)23/h7-8,10,13,24H,4-6,9,11H2,1-3H3,(H,19,21)(H,22,23). The highest BCUT2D eigenvalue weighted by Crippen LogP contribution is 2.26. The van der Waals surface area contributed by atoms with Crippen LogP contribution in [0.5, 0.6) is 0 Å². The van der Waals surface area contributed by atoms with Crippen LogP contribution in [0.1, 0.15) is 49.0 Å². The maximum absolute atomic E-state index is 13.0. The van der Waals surface area contributed by atoms with Crippen molar-refractivity contribution in [2.24, 2.45) is 0 Å². The van der Waals surface area contributed by atoms with E-state index >= 15 is 0 Å². The summed E-state index contributed by atoms with van der Waals surface area (Å²) in [6.07, 6.45) is 2.58. The van der Waals surface area contributed by atoms with Gasteiger partial charge in [-0.3, -0.25) is 4.79 Å². The third kappa shape index (κ3) is 4.66.